The molecule has 19 heavy (non-hydrogen) atoms. The van der Waals surface area contributed by atoms with Gasteiger partial charge >= 0.3 is 5.97 Å². The van der Waals surface area contributed by atoms with Gasteiger partial charge in [-0.2, -0.15) is 0 Å². The molecule has 1 aliphatic heterocycles. The van der Waals surface area contributed by atoms with E-state index in [-0.39, 0.29) is 17.8 Å². The second kappa shape index (κ2) is 4.66. The largest absolute Gasteiger partial charge is 0.465 e. The van der Waals surface area contributed by atoms with Gasteiger partial charge in [0.1, 0.15) is 11.9 Å². The number of rotatable bonds is 2. The van der Waals surface area contributed by atoms with Crippen LogP contribution in [0.2, 0.25) is 0 Å². The number of esters is 1. The van der Waals surface area contributed by atoms with Crippen LogP contribution in [0.1, 0.15) is 18.2 Å². The summed E-state index contributed by atoms with van der Waals surface area (Å²) in [5, 5.41) is 3.99. The van der Waals surface area contributed by atoms with Crippen LogP contribution in [0.5, 0.6) is 0 Å². The van der Waals surface area contributed by atoms with E-state index < -0.39 is 0 Å². The summed E-state index contributed by atoms with van der Waals surface area (Å²) in [6.07, 6.45) is 0.525. The topological polar surface area (TPSA) is 54.1 Å². The number of halogens is 1. The molecule has 1 aliphatic rings. The third-order valence-electron chi connectivity index (χ3n) is 3.46. The van der Waals surface area contributed by atoms with Gasteiger partial charge in [-0.15, -0.1) is 0 Å². The molecule has 2 aromatic rings. The van der Waals surface area contributed by atoms with Crippen LogP contribution in [-0.4, -0.2) is 23.6 Å². The van der Waals surface area contributed by atoms with E-state index in [0.717, 1.165) is 22.2 Å². The normalized spacial score (nSPS) is 18.3. The molecule has 5 heteroatoms. The molecule has 0 saturated carbocycles. The summed E-state index contributed by atoms with van der Waals surface area (Å²) < 4.78 is 18.4. The second-order valence-corrected chi connectivity index (χ2v) is 4.66. The summed E-state index contributed by atoms with van der Waals surface area (Å²) in [6, 6.07) is 4.32. The first-order chi connectivity index (χ1) is 9.19. The van der Waals surface area contributed by atoms with Crippen LogP contribution in [0, 0.1) is 5.82 Å². The molecule has 0 bridgehead atoms. The fourth-order valence-corrected chi connectivity index (χ4v) is 2.57. The number of aromatic amines is 1. The highest BCUT2D eigenvalue weighted by Gasteiger charge is 2.27. The van der Waals surface area contributed by atoms with Crippen molar-refractivity contribution in [3.63, 3.8) is 0 Å². The van der Waals surface area contributed by atoms with Crippen LogP contribution < -0.4 is 5.32 Å². The lowest BCUT2D eigenvalue weighted by Crippen LogP contribution is -2.42. The van der Waals surface area contributed by atoms with Crippen molar-refractivity contribution in [2.75, 3.05) is 6.61 Å². The molecule has 0 saturated heterocycles. The summed E-state index contributed by atoms with van der Waals surface area (Å²) in [4.78, 5) is 15.0. The highest BCUT2D eigenvalue weighted by molar-refractivity contribution is 5.86. The lowest BCUT2D eigenvalue weighted by Gasteiger charge is -2.22. The zero-order valence-corrected chi connectivity index (χ0v) is 10.6. The smallest absolute Gasteiger partial charge is 0.323 e. The molecule has 100 valence electrons. The average molecular weight is 262 g/mol. The highest BCUT2D eigenvalue weighted by atomic mass is 19.1. The quantitative estimate of drug-likeness (QED) is 0.813. The van der Waals surface area contributed by atoms with Crippen LogP contribution in [-0.2, 0) is 22.5 Å². The molecule has 4 nitrogen and oxygen atoms in total. The molecule has 2 N–H and O–H groups in total. The van der Waals surface area contributed by atoms with Crippen molar-refractivity contribution < 1.29 is 13.9 Å². The number of aromatic nitrogens is 1. The van der Waals surface area contributed by atoms with Gasteiger partial charge in [0.25, 0.3) is 0 Å². The molecule has 1 unspecified atom stereocenters. The standard InChI is InChI=1S/C14H15FN2O2/c1-2-19-14(18)12-6-10-9-5-8(15)3-4-11(9)17-13(10)7-16-12/h3-5,12,16-17H,2,6-7H2,1H3. The molecule has 1 aromatic heterocycles. The first-order valence-corrected chi connectivity index (χ1v) is 6.38. The van der Waals surface area contributed by atoms with Crippen molar-refractivity contribution in [1.29, 1.82) is 0 Å². The first-order valence-electron chi connectivity index (χ1n) is 6.38. The number of hydrogen-bond donors (Lipinski definition) is 2. The number of benzene rings is 1. The number of carbonyl (C=O) groups excluding carboxylic acids is 1. The molecular formula is C14H15FN2O2. The summed E-state index contributed by atoms with van der Waals surface area (Å²) in [7, 11) is 0. The number of H-pyrrole nitrogens is 1. The SMILES string of the molecule is CCOC(=O)C1Cc2c([nH]c3ccc(F)cc23)CN1. The maximum absolute atomic E-state index is 13.3. The predicted molar refractivity (Wildman–Crippen MR) is 69.2 cm³/mol. The fraction of sp³-hybridized carbons (Fsp3) is 0.357. The van der Waals surface area contributed by atoms with E-state index in [1.54, 1.807) is 13.0 Å². The molecule has 0 fully saturated rings. The van der Waals surface area contributed by atoms with E-state index in [0.29, 0.717) is 19.6 Å². The van der Waals surface area contributed by atoms with Crippen molar-refractivity contribution in [1.82, 2.24) is 10.3 Å². The van der Waals surface area contributed by atoms with Crippen LogP contribution in [0.4, 0.5) is 4.39 Å². The molecule has 1 atom stereocenters. The lowest BCUT2D eigenvalue weighted by atomic mass is 9.98. The number of hydrogen-bond acceptors (Lipinski definition) is 3. The Morgan fingerprint density at radius 1 is 1.53 bits per heavy atom. The number of carbonyl (C=O) groups is 1. The van der Waals surface area contributed by atoms with E-state index in [9.17, 15) is 9.18 Å². The van der Waals surface area contributed by atoms with Crippen LogP contribution in [0.25, 0.3) is 10.9 Å². The zero-order chi connectivity index (χ0) is 13.4. The van der Waals surface area contributed by atoms with E-state index in [1.807, 2.05) is 0 Å². The van der Waals surface area contributed by atoms with E-state index in [4.69, 9.17) is 4.74 Å². The molecule has 3 rings (SSSR count). The predicted octanol–water partition coefficient (Wildman–Crippen LogP) is 1.88. The molecule has 0 radical (unpaired) electrons. The summed E-state index contributed by atoms with van der Waals surface area (Å²) in [5.41, 5.74) is 2.92. The summed E-state index contributed by atoms with van der Waals surface area (Å²) in [5.74, 6) is -0.514. The van der Waals surface area contributed by atoms with Crippen molar-refractivity contribution in [3.8, 4) is 0 Å². The Bertz CT molecular complexity index is 636. The minimum Gasteiger partial charge on any atom is -0.465 e. The van der Waals surface area contributed by atoms with Gasteiger partial charge in [-0.1, -0.05) is 0 Å². The van der Waals surface area contributed by atoms with Crippen LogP contribution >= 0.6 is 0 Å². The Morgan fingerprint density at radius 2 is 2.37 bits per heavy atom. The van der Waals surface area contributed by atoms with Crippen molar-refractivity contribution in [2.24, 2.45) is 0 Å². The molecule has 2 heterocycles. The van der Waals surface area contributed by atoms with Gasteiger partial charge < -0.3 is 9.72 Å². The third kappa shape index (κ3) is 2.10. The monoisotopic (exact) mass is 262 g/mol. The number of fused-ring (bicyclic) bond motifs is 3. The van der Waals surface area contributed by atoms with E-state index in [2.05, 4.69) is 10.3 Å². The van der Waals surface area contributed by atoms with E-state index in [1.165, 1.54) is 12.1 Å². The summed E-state index contributed by atoms with van der Waals surface area (Å²) >= 11 is 0. The molecule has 0 aliphatic carbocycles. The first kappa shape index (κ1) is 12.2. The maximum Gasteiger partial charge on any atom is 0.323 e. The van der Waals surface area contributed by atoms with Gasteiger partial charge in [0.05, 0.1) is 6.61 Å². The zero-order valence-electron chi connectivity index (χ0n) is 10.6. The van der Waals surface area contributed by atoms with Gasteiger partial charge in [-0.3, -0.25) is 10.1 Å². The molecule has 0 amide bonds. The average Bonchev–Trinajstić information content (AvgIpc) is 2.76. The minimum absolute atomic E-state index is 0.251. The summed E-state index contributed by atoms with van der Waals surface area (Å²) in [6.45, 7) is 2.72. The lowest BCUT2D eigenvalue weighted by molar-refractivity contribution is -0.145. The third-order valence-corrected chi connectivity index (χ3v) is 3.46. The van der Waals surface area contributed by atoms with Crippen LogP contribution in [0.15, 0.2) is 18.2 Å². The highest BCUT2D eigenvalue weighted by Crippen LogP contribution is 2.27. The molecule has 0 spiro atoms. The maximum atomic E-state index is 13.3. The van der Waals surface area contributed by atoms with E-state index >= 15 is 0 Å². The molecular weight excluding hydrogens is 247 g/mol. The second-order valence-electron chi connectivity index (χ2n) is 4.66. The van der Waals surface area contributed by atoms with Gasteiger partial charge in [-0.25, -0.2) is 4.39 Å². The van der Waals surface area contributed by atoms with Crippen molar-refractivity contribution in [3.05, 3.63) is 35.3 Å². The molecule has 1 aromatic carbocycles. The minimum atomic E-state index is -0.352. The van der Waals surface area contributed by atoms with Crippen molar-refractivity contribution in [2.45, 2.75) is 25.9 Å². The Kier molecular flexibility index (Phi) is 2.98. The Morgan fingerprint density at radius 3 is 3.16 bits per heavy atom. The Balaban J connectivity index is 1.97. The Labute approximate surface area is 109 Å². The van der Waals surface area contributed by atoms with Gasteiger partial charge in [-0.05, 0) is 30.7 Å². The van der Waals surface area contributed by atoms with Gasteiger partial charge in [0.15, 0.2) is 0 Å². The van der Waals surface area contributed by atoms with Gasteiger partial charge in [0, 0.05) is 29.6 Å². The van der Waals surface area contributed by atoms with Gasteiger partial charge in [0.2, 0.25) is 0 Å². The number of ether oxygens (including phenoxy) is 1. The number of nitrogens with one attached hydrogen (secondary N) is 2. The van der Waals surface area contributed by atoms with Crippen LogP contribution in [0.3, 0.4) is 0 Å². The van der Waals surface area contributed by atoms with Crippen molar-refractivity contribution >= 4 is 16.9 Å². The Hall–Kier alpha value is -1.88. The fourth-order valence-electron chi connectivity index (χ4n) is 2.57.